The summed E-state index contributed by atoms with van der Waals surface area (Å²) in [5.74, 6) is 1.81. The van der Waals surface area contributed by atoms with E-state index in [1.54, 1.807) is 0 Å². The van der Waals surface area contributed by atoms with Crippen LogP contribution in [0, 0.1) is 5.92 Å². The molecule has 5 nitrogen and oxygen atoms in total. The van der Waals surface area contributed by atoms with Crippen LogP contribution in [0.5, 0.6) is 0 Å². The summed E-state index contributed by atoms with van der Waals surface area (Å²) in [4.78, 5) is 9.26. The molecule has 0 aromatic heterocycles. The maximum atomic E-state index is 5.45. The van der Waals surface area contributed by atoms with Crippen molar-refractivity contribution in [2.24, 2.45) is 10.9 Å². The van der Waals surface area contributed by atoms with Gasteiger partial charge in [0.2, 0.25) is 0 Å². The predicted molar refractivity (Wildman–Crippen MR) is 108 cm³/mol. The van der Waals surface area contributed by atoms with E-state index < -0.39 is 0 Å². The molecule has 1 fully saturated rings. The van der Waals surface area contributed by atoms with E-state index in [1.807, 2.05) is 7.05 Å². The zero-order valence-electron chi connectivity index (χ0n) is 16.4. The maximum Gasteiger partial charge on any atom is 0.193 e. The zero-order chi connectivity index (χ0) is 18.2. The Morgan fingerprint density at radius 1 is 1.27 bits per heavy atom. The van der Waals surface area contributed by atoms with Gasteiger partial charge in [-0.05, 0) is 42.7 Å². The molecule has 3 rings (SSSR count). The number of rotatable bonds is 6. The molecular formula is C21H34N4O. The third-order valence-electron chi connectivity index (χ3n) is 5.71. The summed E-state index contributed by atoms with van der Waals surface area (Å²) in [6, 6.07) is 8.82. The lowest BCUT2D eigenvalue weighted by atomic mass is 9.96. The molecule has 1 N–H and O–H groups in total. The molecule has 0 radical (unpaired) electrons. The average molecular weight is 359 g/mol. The number of guanidine groups is 1. The van der Waals surface area contributed by atoms with Gasteiger partial charge in [0, 0.05) is 60.0 Å². The standard InChI is InChI=1S/C21H34N4O/c1-22-21(24(2)12-7-18-9-15-26-16-10-18)23-11-14-25-13-8-19-5-3-4-6-20(19)17-25/h3-6,18H,7-17H2,1-2H3,(H,22,23). The summed E-state index contributed by atoms with van der Waals surface area (Å²) >= 11 is 0. The van der Waals surface area contributed by atoms with Crippen molar-refractivity contribution in [3.63, 3.8) is 0 Å². The van der Waals surface area contributed by atoms with Crippen LogP contribution in [0.15, 0.2) is 29.3 Å². The van der Waals surface area contributed by atoms with E-state index in [0.717, 1.165) is 64.2 Å². The minimum absolute atomic E-state index is 0.803. The van der Waals surface area contributed by atoms with Crippen LogP contribution in [-0.2, 0) is 17.7 Å². The fraction of sp³-hybridized carbons (Fsp3) is 0.667. The molecule has 1 aromatic rings. The van der Waals surface area contributed by atoms with Crippen molar-refractivity contribution in [3.8, 4) is 0 Å². The maximum absolute atomic E-state index is 5.45. The largest absolute Gasteiger partial charge is 0.381 e. The lowest BCUT2D eigenvalue weighted by molar-refractivity contribution is 0.0625. The van der Waals surface area contributed by atoms with Gasteiger partial charge in [0.1, 0.15) is 0 Å². The third-order valence-corrected chi connectivity index (χ3v) is 5.71. The highest BCUT2D eigenvalue weighted by atomic mass is 16.5. The Morgan fingerprint density at radius 3 is 2.81 bits per heavy atom. The Morgan fingerprint density at radius 2 is 2.04 bits per heavy atom. The van der Waals surface area contributed by atoms with Crippen LogP contribution in [0.4, 0.5) is 0 Å². The fourth-order valence-corrected chi connectivity index (χ4v) is 3.97. The fourth-order valence-electron chi connectivity index (χ4n) is 3.97. The van der Waals surface area contributed by atoms with E-state index in [0.29, 0.717) is 0 Å². The van der Waals surface area contributed by atoms with Gasteiger partial charge < -0.3 is 15.0 Å². The first-order chi connectivity index (χ1) is 12.8. The van der Waals surface area contributed by atoms with Crippen LogP contribution in [0.3, 0.4) is 0 Å². The zero-order valence-corrected chi connectivity index (χ0v) is 16.4. The van der Waals surface area contributed by atoms with Crippen molar-refractivity contribution >= 4 is 5.96 Å². The Balaban J connectivity index is 1.37. The van der Waals surface area contributed by atoms with Gasteiger partial charge in [0.25, 0.3) is 0 Å². The van der Waals surface area contributed by atoms with Gasteiger partial charge in [-0.25, -0.2) is 0 Å². The van der Waals surface area contributed by atoms with Crippen LogP contribution in [0.25, 0.3) is 0 Å². The second-order valence-corrected chi connectivity index (χ2v) is 7.53. The Labute approximate surface area is 158 Å². The van der Waals surface area contributed by atoms with E-state index in [1.165, 1.54) is 30.4 Å². The highest BCUT2D eigenvalue weighted by molar-refractivity contribution is 5.79. The number of benzene rings is 1. The van der Waals surface area contributed by atoms with Gasteiger partial charge in [-0.2, -0.15) is 0 Å². The van der Waals surface area contributed by atoms with Crippen molar-refractivity contribution in [1.82, 2.24) is 15.1 Å². The van der Waals surface area contributed by atoms with Crippen LogP contribution in [-0.4, -0.2) is 69.2 Å². The lowest BCUT2D eigenvalue weighted by Gasteiger charge is -2.30. The van der Waals surface area contributed by atoms with Crippen LogP contribution in [0.2, 0.25) is 0 Å². The molecule has 144 valence electrons. The molecule has 0 spiro atoms. The second-order valence-electron chi connectivity index (χ2n) is 7.53. The highest BCUT2D eigenvalue weighted by Gasteiger charge is 2.17. The molecule has 0 saturated carbocycles. The number of hydrogen-bond acceptors (Lipinski definition) is 3. The van der Waals surface area contributed by atoms with Crippen molar-refractivity contribution in [2.75, 3.05) is 53.5 Å². The van der Waals surface area contributed by atoms with Gasteiger partial charge in [-0.3, -0.25) is 9.89 Å². The summed E-state index contributed by atoms with van der Waals surface area (Å²) in [7, 11) is 4.02. The van der Waals surface area contributed by atoms with E-state index >= 15 is 0 Å². The summed E-state index contributed by atoms with van der Waals surface area (Å²) in [5.41, 5.74) is 3.00. The van der Waals surface area contributed by atoms with Gasteiger partial charge in [-0.15, -0.1) is 0 Å². The van der Waals surface area contributed by atoms with Crippen LogP contribution in [0.1, 0.15) is 30.4 Å². The van der Waals surface area contributed by atoms with Crippen LogP contribution < -0.4 is 5.32 Å². The van der Waals surface area contributed by atoms with Crippen molar-refractivity contribution in [3.05, 3.63) is 35.4 Å². The number of nitrogens with zero attached hydrogens (tertiary/aromatic N) is 3. The molecule has 2 heterocycles. The summed E-state index contributed by atoms with van der Waals surface area (Å²) in [6.45, 7) is 7.13. The van der Waals surface area contributed by atoms with Crippen molar-refractivity contribution < 1.29 is 4.74 Å². The number of ether oxygens (including phenoxy) is 1. The number of aliphatic imine (C=N–C) groups is 1. The Hall–Kier alpha value is -1.59. The van der Waals surface area contributed by atoms with Crippen molar-refractivity contribution in [2.45, 2.75) is 32.2 Å². The molecule has 26 heavy (non-hydrogen) atoms. The average Bonchev–Trinajstić information content (AvgIpc) is 2.70. The SMILES string of the molecule is CN=C(NCCN1CCc2ccccc2C1)N(C)CCC1CCOCC1. The van der Waals surface area contributed by atoms with Gasteiger partial charge >= 0.3 is 0 Å². The van der Waals surface area contributed by atoms with E-state index in [2.05, 4.69) is 51.4 Å². The van der Waals surface area contributed by atoms with Crippen LogP contribution >= 0.6 is 0 Å². The van der Waals surface area contributed by atoms with E-state index in [9.17, 15) is 0 Å². The van der Waals surface area contributed by atoms with Gasteiger partial charge in [0.05, 0.1) is 0 Å². The molecule has 0 atom stereocenters. The second kappa shape index (κ2) is 9.93. The molecule has 0 amide bonds. The first-order valence-corrected chi connectivity index (χ1v) is 10.0. The quantitative estimate of drug-likeness (QED) is 0.626. The molecule has 0 aliphatic carbocycles. The minimum atomic E-state index is 0.803. The Bertz CT molecular complexity index is 583. The molecule has 1 saturated heterocycles. The van der Waals surface area contributed by atoms with E-state index in [4.69, 9.17) is 4.74 Å². The molecule has 0 bridgehead atoms. The third kappa shape index (κ3) is 5.45. The first-order valence-electron chi connectivity index (χ1n) is 10.0. The Kier molecular flexibility index (Phi) is 7.32. The number of hydrogen-bond donors (Lipinski definition) is 1. The monoisotopic (exact) mass is 358 g/mol. The number of nitrogens with one attached hydrogen (secondary N) is 1. The molecule has 5 heteroatoms. The molecule has 1 aromatic carbocycles. The van der Waals surface area contributed by atoms with Gasteiger partial charge in [-0.1, -0.05) is 24.3 Å². The van der Waals surface area contributed by atoms with Crippen molar-refractivity contribution in [1.29, 1.82) is 0 Å². The summed E-state index contributed by atoms with van der Waals surface area (Å²) < 4.78 is 5.45. The normalized spacial score (nSPS) is 19.2. The highest BCUT2D eigenvalue weighted by Crippen LogP contribution is 2.19. The van der Waals surface area contributed by atoms with E-state index in [-0.39, 0.29) is 0 Å². The lowest BCUT2D eigenvalue weighted by Crippen LogP contribution is -2.44. The molecule has 0 unspecified atom stereocenters. The summed E-state index contributed by atoms with van der Waals surface area (Å²) in [5, 5.41) is 3.54. The van der Waals surface area contributed by atoms with Gasteiger partial charge in [0.15, 0.2) is 5.96 Å². The molecule has 2 aliphatic heterocycles. The molecular weight excluding hydrogens is 324 g/mol. The topological polar surface area (TPSA) is 40.1 Å². The number of fused-ring (bicyclic) bond motifs is 1. The minimum Gasteiger partial charge on any atom is -0.381 e. The smallest absolute Gasteiger partial charge is 0.193 e. The predicted octanol–water partition coefficient (Wildman–Crippen LogP) is 2.37. The summed E-state index contributed by atoms with van der Waals surface area (Å²) in [6.07, 6.45) is 4.80. The molecule has 2 aliphatic rings. The first kappa shape index (κ1) is 19.2.